The van der Waals surface area contributed by atoms with Gasteiger partial charge in [-0.05, 0) is 37.1 Å². The van der Waals surface area contributed by atoms with Crippen molar-refractivity contribution in [2.75, 3.05) is 6.61 Å². The maximum Gasteiger partial charge on any atom is 0.338 e. The number of unbranched alkanes of at least 4 members (excludes halogenated alkanes) is 1. The van der Waals surface area contributed by atoms with Crippen molar-refractivity contribution >= 4 is 18.0 Å². The second-order valence-electron chi connectivity index (χ2n) is 4.24. The number of carboxylic acid groups (broad SMARTS) is 1. The van der Waals surface area contributed by atoms with Crippen LogP contribution < -0.4 is 0 Å². The van der Waals surface area contributed by atoms with Crippen LogP contribution in [-0.2, 0) is 9.53 Å². The zero-order valence-corrected chi connectivity index (χ0v) is 11.2. The fraction of sp³-hybridized carbons (Fsp3) is 0.333. The van der Waals surface area contributed by atoms with Crippen LogP contribution in [0.1, 0.15) is 42.6 Å². The van der Waals surface area contributed by atoms with Crippen molar-refractivity contribution in [3.05, 3.63) is 41.0 Å². The molecule has 0 aliphatic heterocycles. The quantitative estimate of drug-likeness (QED) is 0.486. The average Bonchev–Trinajstić information content (AvgIpc) is 2.39. The normalized spacial score (nSPS) is 11.2. The fourth-order valence-corrected chi connectivity index (χ4v) is 1.42. The summed E-state index contributed by atoms with van der Waals surface area (Å²) in [6.07, 6.45) is 3.38. The Balaban J connectivity index is 2.68. The Labute approximate surface area is 112 Å². The fourth-order valence-electron chi connectivity index (χ4n) is 1.42. The number of esters is 1. The van der Waals surface area contributed by atoms with Crippen molar-refractivity contribution in [2.24, 2.45) is 0 Å². The van der Waals surface area contributed by atoms with Gasteiger partial charge in [0.15, 0.2) is 0 Å². The summed E-state index contributed by atoms with van der Waals surface area (Å²) in [5.74, 6) is -1.30. The lowest BCUT2D eigenvalue weighted by molar-refractivity contribution is -0.132. The zero-order valence-electron chi connectivity index (χ0n) is 11.2. The standard InChI is InChI=1S/C15H18O4/c1-3-4-9-19-15(18)13-7-5-12(6-8-13)10-11(2)14(16)17/h5-8,10H,3-4,9H2,1-2H3,(H,16,17). The van der Waals surface area contributed by atoms with E-state index >= 15 is 0 Å². The molecule has 0 radical (unpaired) electrons. The predicted molar refractivity (Wildman–Crippen MR) is 72.9 cm³/mol. The molecule has 0 heterocycles. The van der Waals surface area contributed by atoms with E-state index in [0.717, 1.165) is 18.4 Å². The lowest BCUT2D eigenvalue weighted by atomic mass is 10.1. The van der Waals surface area contributed by atoms with E-state index in [1.165, 1.54) is 6.92 Å². The number of benzene rings is 1. The molecule has 1 N–H and O–H groups in total. The van der Waals surface area contributed by atoms with Crippen molar-refractivity contribution in [1.29, 1.82) is 0 Å². The van der Waals surface area contributed by atoms with Gasteiger partial charge >= 0.3 is 11.9 Å². The predicted octanol–water partition coefficient (Wildman–Crippen LogP) is 3.13. The van der Waals surface area contributed by atoms with Gasteiger partial charge < -0.3 is 9.84 Å². The van der Waals surface area contributed by atoms with Gasteiger partial charge in [0.1, 0.15) is 0 Å². The van der Waals surface area contributed by atoms with Gasteiger partial charge in [-0.3, -0.25) is 0 Å². The largest absolute Gasteiger partial charge is 0.478 e. The summed E-state index contributed by atoms with van der Waals surface area (Å²) >= 11 is 0. The van der Waals surface area contributed by atoms with Crippen LogP contribution in [0.15, 0.2) is 29.8 Å². The average molecular weight is 262 g/mol. The highest BCUT2D eigenvalue weighted by Crippen LogP contribution is 2.10. The van der Waals surface area contributed by atoms with Gasteiger partial charge in [-0.1, -0.05) is 25.5 Å². The SMILES string of the molecule is CCCCOC(=O)c1ccc(C=C(C)C(=O)O)cc1. The highest BCUT2D eigenvalue weighted by atomic mass is 16.5. The first kappa shape index (κ1) is 15.0. The van der Waals surface area contributed by atoms with Crippen LogP contribution in [0.2, 0.25) is 0 Å². The van der Waals surface area contributed by atoms with E-state index in [9.17, 15) is 9.59 Å². The van der Waals surface area contributed by atoms with Gasteiger partial charge in [-0.15, -0.1) is 0 Å². The summed E-state index contributed by atoms with van der Waals surface area (Å²) in [5, 5.41) is 8.76. The van der Waals surface area contributed by atoms with Gasteiger partial charge in [0, 0.05) is 5.57 Å². The Bertz CT molecular complexity index is 471. The summed E-state index contributed by atoms with van der Waals surface area (Å²) in [4.78, 5) is 22.3. The van der Waals surface area contributed by atoms with Gasteiger partial charge in [-0.25, -0.2) is 9.59 Å². The van der Waals surface area contributed by atoms with Gasteiger partial charge in [0.05, 0.1) is 12.2 Å². The number of ether oxygens (including phenoxy) is 1. The second kappa shape index (κ2) is 7.36. The first-order valence-corrected chi connectivity index (χ1v) is 6.23. The molecule has 19 heavy (non-hydrogen) atoms. The minimum Gasteiger partial charge on any atom is -0.478 e. The minimum atomic E-state index is -0.956. The third-order valence-corrected chi connectivity index (χ3v) is 2.60. The first-order chi connectivity index (χ1) is 9.04. The molecule has 0 atom stereocenters. The first-order valence-electron chi connectivity index (χ1n) is 6.23. The Kier molecular flexibility index (Phi) is 5.79. The topological polar surface area (TPSA) is 63.6 Å². The molecule has 0 aromatic heterocycles. The van der Waals surface area contributed by atoms with Crippen molar-refractivity contribution in [3.63, 3.8) is 0 Å². The monoisotopic (exact) mass is 262 g/mol. The molecule has 1 aromatic carbocycles. The number of carboxylic acids is 1. The van der Waals surface area contributed by atoms with Gasteiger partial charge in [0.2, 0.25) is 0 Å². The molecular formula is C15H18O4. The van der Waals surface area contributed by atoms with Crippen LogP contribution >= 0.6 is 0 Å². The molecule has 0 aliphatic carbocycles. The molecule has 0 spiro atoms. The summed E-state index contributed by atoms with van der Waals surface area (Å²) in [6, 6.07) is 6.66. The lowest BCUT2D eigenvalue weighted by Gasteiger charge is -2.04. The van der Waals surface area contributed by atoms with Crippen LogP contribution in [0.25, 0.3) is 6.08 Å². The van der Waals surface area contributed by atoms with Crippen molar-refractivity contribution < 1.29 is 19.4 Å². The number of rotatable bonds is 6. The molecule has 1 aromatic rings. The molecular weight excluding hydrogens is 244 g/mol. The molecule has 0 amide bonds. The number of hydrogen-bond acceptors (Lipinski definition) is 3. The van der Waals surface area contributed by atoms with E-state index in [4.69, 9.17) is 9.84 Å². The minimum absolute atomic E-state index is 0.248. The lowest BCUT2D eigenvalue weighted by Crippen LogP contribution is -2.06. The van der Waals surface area contributed by atoms with Gasteiger partial charge in [-0.2, -0.15) is 0 Å². The Morgan fingerprint density at radius 2 is 1.89 bits per heavy atom. The summed E-state index contributed by atoms with van der Waals surface area (Å²) < 4.78 is 5.08. The van der Waals surface area contributed by atoms with E-state index in [0.29, 0.717) is 12.2 Å². The summed E-state index contributed by atoms with van der Waals surface area (Å²) in [6.45, 7) is 3.98. The highest BCUT2D eigenvalue weighted by molar-refractivity contribution is 5.92. The molecule has 0 unspecified atom stereocenters. The summed E-state index contributed by atoms with van der Waals surface area (Å²) in [5.41, 5.74) is 1.46. The zero-order chi connectivity index (χ0) is 14.3. The van der Waals surface area contributed by atoms with E-state index in [-0.39, 0.29) is 11.5 Å². The molecule has 0 saturated heterocycles. The third-order valence-electron chi connectivity index (χ3n) is 2.60. The van der Waals surface area contributed by atoms with Crippen LogP contribution in [0.3, 0.4) is 0 Å². The molecule has 1 rings (SSSR count). The number of hydrogen-bond donors (Lipinski definition) is 1. The van der Waals surface area contributed by atoms with Crippen LogP contribution in [0.5, 0.6) is 0 Å². The van der Waals surface area contributed by atoms with E-state index < -0.39 is 5.97 Å². The van der Waals surface area contributed by atoms with Crippen molar-refractivity contribution in [3.8, 4) is 0 Å². The van der Waals surface area contributed by atoms with Crippen LogP contribution in [-0.4, -0.2) is 23.7 Å². The maximum absolute atomic E-state index is 11.6. The Morgan fingerprint density at radius 1 is 1.26 bits per heavy atom. The third kappa shape index (κ3) is 4.95. The van der Waals surface area contributed by atoms with E-state index in [1.807, 2.05) is 6.92 Å². The van der Waals surface area contributed by atoms with E-state index in [2.05, 4.69) is 0 Å². The molecule has 0 aliphatic rings. The molecule has 0 fully saturated rings. The molecule has 0 saturated carbocycles. The maximum atomic E-state index is 11.6. The van der Waals surface area contributed by atoms with E-state index in [1.54, 1.807) is 30.3 Å². The molecule has 4 nitrogen and oxygen atoms in total. The number of carbonyl (C=O) groups excluding carboxylic acids is 1. The number of aliphatic carboxylic acids is 1. The van der Waals surface area contributed by atoms with Crippen LogP contribution in [0, 0.1) is 0 Å². The summed E-state index contributed by atoms with van der Waals surface area (Å²) in [7, 11) is 0. The van der Waals surface area contributed by atoms with Gasteiger partial charge in [0.25, 0.3) is 0 Å². The Hall–Kier alpha value is -2.10. The van der Waals surface area contributed by atoms with Crippen molar-refractivity contribution in [1.82, 2.24) is 0 Å². The molecule has 4 heteroatoms. The van der Waals surface area contributed by atoms with Crippen LogP contribution in [0.4, 0.5) is 0 Å². The number of carbonyl (C=O) groups is 2. The molecule has 102 valence electrons. The smallest absolute Gasteiger partial charge is 0.338 e. The Morgan fingerprint density at radius 3 is 2.42 bits per heavy atom. The second-order valence-corrected chi connectivity index (χ2v) is 4.24. The molecule has 0 bridgehead atoms. The van der Waals surface area contributed by atoms with Crippen molar-refractivity contribution in [2.45, 2.75) is 26.7 Å². The highest BCUT2D eigenvalue weighted by Gasteiger charge is 2.06.